The van der Waals surface area contributed by atoms with Gasteiger partial charge in [-0.1, -0.05) is 12.1 Å². The van der Waals surface area contributed by atoms with Crippen molar-refractivity contribution in [2.75, 3.05) is 7.11 Å². The largest absolute Gasteiger partial charge is 0.497 e. The SMILES string of the molecule is COc1cccc([C@H]2CC(=O)NC3=C2C(=O)OC3(C)C)c1. The van der Waals surface area contributed by atoms with Gasteiger partial charge in [-0.15, -0.1) is 0 Å². The van der Waals surface area contributed by atoms with Gasteiger partial charge in [0, 0.05) is 12.3 Å². The van der Waals surface area contributed by atoms with Crippen LogP contribution in [0.1, 0.15) is 31.7 Å². The van der Waals surface area contributed by atoms with Crippen LogP contribution in [0.4, 0.5) is 0 Å². The van der Waals surface area contributed by atoms with Crippen LogP contribution >= 0.6 is 0 Å². The summed E-state index contributed by atoms with van der Waals surface area (Å²) < 4.78 is 10.6. The number of hydrogen-bond acceptors (Lipinski definition) is 4. The van der Waals surface area contributed by atoms with E-state index in [0.717, 1.165) is 5.56 Å². The second-order valence-corrected chi connectivity index (χ2v) is 5.77. The van der Waals surface area contributed by atoms with E-state index in [1.165, 1.54) is 0 Å². The highest BCUT2D eigenvalue weighted by molar-refractivity contribution is 5.99. The zero-order valence-electron chi connectivity index (χ0n) is 12.2. The first-order valence-corrected chi connectivity index (χ1v) is 6.84. The summed E-state index contributed by atoms with van der Waals surface area (Å²) in [5, 5.41) is 2.79. The molecule has 0 aromatic heterocycles. The van der Waals surface area contributed by atoms with Crippen LogP contribution in [0.15, 0.2) is 35.5 Å². The van der Waals surface area contributed by atoms with Crippen LogP contribution in [-0.4, -0.2) is 24.6 Å². The highest BCUT2D eigenvalue weighted by Crippen LogP contribution is 2.42. The third kappa shape index (κ3) is 2.18. The van der Waals surface area contributed by atoms with Crippen molar-refractivity contribution in [3.05, 3.63) is 41.1 Å². The predicted molar refractivity (Wildman–Crippen MR) is 75.7 cm³/mol. The molecule has 1 N–H and O–H groups in total. The van der Waals surface area contributed by atoms with Gasteiger partial charge in [0.05, 0.1) is 18.4 Å². The first-order valence-electron chi connectivity index (χ1n) is 6.84. The number of hydrogen-bond donors (Lipinski definition) is 1. The quantitative estimate of drug-likeness (QED) is 0.844. The molecule has 0 spiro atoms. The maximum absolute atomic E-state index is 12.2. The monoisotopic (exact) mass is 287 g/mol. The van der Waals surface area contributed by atoms with Crippen molar-refractivity contribution >= 4 is 11.9 Å². The minimum absolute atomic E-state index is 0.104. The number of benzene rings is 1. The zero-order chi connectivity index (χ0) is 15.2. The van der Waals surface area contributed by atoms with E-state index in [-0.39, 0.29) is 24.2 Å². The maximum atomic E-state index is 12.2. The molecule has 110 valence electrons. The topological polar surface area (TPSA) is 64.6 Å². The van der Waals surface area contributed by atoms with Gasteiger partial charge in [-0.3, -0.25) is 4.79 Å². The molecule has 0 saturated heterocycles. The van der Waals surface area contributed by atoms with Crippen LogP contribution in [0.3, 0.4) is 0 Å². The molecule has 2 aliphatic heterocycles. The molecule has 2 aliphatic rings. The Balaban J connectivity index is 2.11. The molecule has 3 rings (SSSR count). The summed E-state index contributed by atoms with van der Waals surface area (Å²) in [4.78, 5) is 24.2. The third-order valence-corrected chi connectivity index (χ3v) is 3.94. The molecule has 0 bridgehead atoms. The number of rotatable bonds is 2. The van der Waals surface area contributed by atoms with Crippen molar-refractivity contribution in [3.63, 3.8) is 0 Å². The molecule has 1 aromatic carbocycles. The fraction of sp³-hybridized carbons (Fsp3) is 0.375. The Labute approximate surface area is 122 Å². The van der Waals surface area contributed by atoms with Crippen molar-refractivity contribution in [2.24, 2.45) is 0 Å². The second-order valence-electron chi connectivity index (χ2n) is 5.77. The first-order chi connectivity index (χ1) is 9.92. The van der Waals surface area contributed by atoms with Gasteiger partial charge < -0.3 is 14.8 Å². The van der Waals surface area contributed by atoms with Gasteiger partial charge in [-0.05, 0) is 31.5 Å². The molecule has 0 aliphatic carbocycles. The average molecular weight is 287 g/mol. The van der Waals surface area contributed by atoms with Crippen molar-refractivity contribution in [2.45, 2.75) is 31.8 Å². The Morgan fingerprint density at radius 3 is 2.81 bits per heavy atom. The molecular formula is C16H17NO4. The summed E-state index contributed by atoms with van der Waals surface area (Å²) in [6.07, 6.45) is 0.233. The molecule has 1 amide bonds. The van der Waals surface area contributed by atoms with Gasteiger partial charge in [-0.25, -0.2) is 4.79 Å². The number of methoxy groups -OCH3 is 1. The lowest BCUT2D eigenvalue weighted by Gasteiger charge is -2.27. The Bertz CT molecular complexity index is 660. The molecule has 1 aromatic rings. The second kappa shape index (κ2) is 4.62. The lowest BCUT2D eigenvalue weighted by atomic mass is 9.83. The Morgan fingerprint density at radius 2 is 2.10 bits per heavy atom. The first kappa shape index (κ1) is 13.7. The summed E-state index contributed by atoms with van der Waals surface area (Å²) in [6.45, 7) is 3.56. The van der Waals surface area contributed by atoms with Crippen LogP contribution < -0.4 is 10.1 Å². The third-order valence-electron chi connectivity index (χ3n) is 3.94. The molecule has 0 radical (unpaired) electrons. The summed E-state index contributed by atoms with van der Waals surface area (Å²) >= 11 is 0. The predicted octanol–water partition coefficient (Wildman–Crippen LogP) is 1.89. The van der Waals surface area contributed by atoms with Crippen molar-refractivity contribution in [1.29, 1.82) is 0 Å². The van der Waals surface area contributed by atoms with E-state index in [9.17, 15) is 9.59 Å². The minimum Gasteiger partial charge on any atom is -0.497 e. The van der Waals surface area contributed by atoms with E-state index in [0.29, 0.717) is 17.0 Å². The Morgan fingerprint density at radius 1 is 1.33 bits per heavy atom. The summed E-state index contributed by atoms with van der Waals surface area (Å²) in [5.74, 6) is -0.0554. The highest BCUT2D eigenvalue weighted by atomic mass is 16.6. The van der Waals surface area contributed by atoms with E-state index in [4.69, 9.17) is 9.47 Å². The minimum atomic E-state index is -0.792. The summed E-state index contributed by atoms with van der Waals surface area (Å²) in [7, 11) is 1.59. The van der Waals surface area contributed by atoms with E-state index >= 15 is 0 Å². The zero-order valence-corrected chi connectivity index (χ0v) is 12.2. The van der Waals surface area contributed by atoms with E-state index in [1.807, 2.05) is 24.3 Å². The van der Waals surface area contributed by atoms with Gasteiger partial charge in [0.25, 0.3) is 0 Å². The molecule has 21 heavy (non-hydrogen) atoms. The van der Waals surface area contributed by atoms with Crippen molar-refractivity contribution in [3.8, 4) is 5.75 Å². The fourth-order valence-corrected chi connectivity index (χ4v) is 2.92. The molecule has 5 nitrogen and oxygen atoms in total. The van der Waals surface area contributed by atoms with Gasteiger partial charge in [0.15, 0.2) is 0 Å². The van der Waals surface area contributed by atoms with Crippen LogP contribution in [-0.2, 0) is 14.3 Å². The number of esters is 1. The number of amides is 1. The number of ether oxygens (including phenoxy) is 2. The highest BCUT2D eigenvalue weighted by Gasteiger charge is 2.47. The number of carbonyl (C=O) groups excluding carboxylic acids is 2. The van der Waals surface area contributed by atoms with Gasteiger partial charge in [-0.2, -0.15) is 0 Å². The molecule has 0 fully saturated rings. The Kier molecular flexibility index (Phi) is 3.01. The van der Waals surface area contributed by atoms with Crippen molar-refractivity contribution in [1.82, 2.24) is 5.32 Å². The molecular weight excluding hydrogens is 270 g/mol. The van der Waals surface area contributed by atoms with Gasteiger partial charge >= 0.3 is 5.97 Å². The number of nitrogens with one attached hydrogen (secondary N) is 1. The Hall–Kier alpha value is -2.30. The van der Waals surface area contributed by atoms with Crippen LogP contribution in [0.5, 0.6) is 5.75 Å². The molecule has 1 atom stereocenters. The van der Waals surface area contributed by atoms with E-state index in [2.05, 4.69) is 5.32 Å². The smallest absolute Gasteiger partial charge is 0.337 e. The maximum Gasteiger partial charge on any atom is 0.337 e. The normalized spacial score (nSPS) is 23.5. The van der Waals surface area contributed by atoms with Gasteiger partial charge in [0.2, 0.25) is 5.91 Å². The summed E-state index contributed by atoms with van der Waals surface area (Å²) in [5.41, 5.74) is 1.22. The van der Waals surface area contributed by atoms with E-state index < -0.39 is 5.60 Å². The molecule has 5 heteroatoms. The van der Waals surface area contributed by atoms with Gasteiger partial charge in [0.1, 0.15) is 11.4 Å². The van der Waals surface area contributed by atoms with Crippen LogP contribution in [0.25, 0.3) is 0 Å². The average Bonchev–Trinajstić information content (AvgIpc) is 2.68. The van der Waals surface area contributed by atoms with Crippen LogP contribution in [0.2, 0.25) is 0 Å². The molecule has 0 saturated carbocycles. The van der Waals surface area contributed by atoms with Crippen LogP contribution in [0, 0.1) is 0 Å². The number of cyclic esters (lactones) is 1. The standard InChI is InChI=1S/C16H17NO4/c1-16(2)14-13(15(19)21-16)11(8-12(18)17-14)9-5-4-6-10(7-9)20-3/h4-7,11H,8H2,1-3H3,(H,17,18)/t11-/m1/s1. The summed E-state index contributed by atoms with van der Waals surface area (Å²) in [6, 6.07) is 7.44. The lowest BCUT2D eigenvalue weighted by molar-refractivity contribution is -0.144. The van der Waals surface area contributed by atoms with E-state index in [1.54, 1.807) is 21.0 Å². The molecule has 0 unspecified atom stereocenters. The van der Waals surface area contributed by atoms with Crippen molar-refractivity contribution < 1.29 is 19.1 Å². The fourth-order valence-electron chi connectivity index (χ4n) is 2.92. The number of carbonyl (C=O) groups is 2. The molecule has 2 heterocycles. The lowest BCUT2D eigenvalue weighted by Crippen LogP contribution is -2.38.